The van der Waals surface area contributed by atoms with Crippen LogP contribution in [0.15, 0.2) is 6.07 Å². The summed E-state index contributed by atoms with van der Waals surface area (Å²) in [7, 11) is 0. The maximum Gasteiger partial charge on any atom is 0.255 e. The van der Waals surface area contributed by atoms with Gasteiger partial charge in [-0.2, -0.15) is 0 Å². The highest BCUT2D eigenvalue weighted by Crippen LogP contribution is 2.23. The molecule has 0 spiro atoms. The summed E-state index contributed by atoms with van der Waals surface area (Å²) in [6.07, 6.45) is 0.879. The zero-order valence-corrected chi connectivity index (χ0v) is 12.8. The first kappa shape index (κ1) is 13.3. The smallest absolute Gasteiger partial charge is 0.255 e. The second-order valence-corrected chi connectivity index (χ2v) is 6.55. The summed E-state index contributed by atoms with van der Waals surface area (Å²) in [6, 6.07) is 1.99. The maximum absolute atomic E-state index is 12.6. The minimum Gasteiger partial charge on any atom is -0.329 e. The Balaban J connectivity index is 1.83. The summed E-state index contributed by atoms with van der Waals surface area (Å²) in [5.74, 6) is 2.01. The number of thiophene rings is 1. The highest BCUT2D eigenvalue weighted by atomic mass is 32.1. The van der Waals surface area contributed by atoms with Gasteiger partial charge in [-0.25, -0.2) is 0 Å². The number of aromatic nitrogens is 3. The van der Waals surface area contributed by atoms with Crippen molar-refractivity contribution in [2.45, 2.75) is 40.3 Å². The third-order valence-electron chi connectivity index (χ3n) is 3.70. The first-order chi connectivity index (χ1) is 9.60. The summed E-state index contributed by atoms with van der Waals surface area (Å²) >= 11 is 1.67. The lowest BCUT2D eigenvalue weighted by Gasteiger charge is -2.27. The van der Waals surface area contributed by atoms with Crippen molar-refractivity contribution in [1.82, 2.24) is 19.7 Å². The molecule has 0 bridgehead atoms. The molecule has 0 unspecified atom stereocenters. The van der Waals surface area contributed by atoms with E-state index in [1.165, 1.54) is 4.88 Å². The van der Waals surface area contributed by atoms with Crippen LogP contribution in [0, 0.1) is 13.8 Å². The van der Waals surface area contributed by atoms with Crippen LogP contribution in [0.25, 0.3) is 0 Å². The van der Waals surface area contributed by atoms with Crippen molar-refractivity contribution in [3.8, 4) is 0 Å². The standard InChI is InChI=1S/C14H18N4OS/c1-4-12-15-16-13-8-17(5-6-18(12)13)14(19)11-7-9(2)20-10(11)3/h7H,4-6,8H2,1-3H3. The zero-order valence-electron chi connectivity index (χ0n) is 12.0. The number of nitrogens with zero attached hydrogens (tertiary/aromatic N) is 4. The fourth-order valence-electron chi connectivity index (χ4n) is 2.67. The molecule has 1 amide bonds. The summed E-state index contributed by atoms with van der Waals surface area (Å²) in [5.41, 5.74) is 0.830. The molecule has 0 atom stereocenters. The number of aryl methyl sites for hydroxylation is 3. The van der Waals surface area contributed by atoms with Crippen molar-refractivity contribution in [3.05, 3.63) is 33.0 Å². The Morgan fingerprint density at radius 3 is 2.80 bits per heavy atom. The molecule has 0 saturated heterocycles. The third kappa shape index (κ3) is 2.14. The van der Waals surface area contributed by atoms with E-state index < -0.39 is 0 Å². The van der Waals surface area contributed by atoms with Crippen LogP contribution in [0.1, 0.15) is 38.7 Å². The second kappa shape index (κ2) is 5.01. The van der Waals surface area contributed by atoms with Gasteiger partial charge in [0.25, 0.3) is 5.91 Å². The van der Waals surface area contributed by atoms with Crippen molar-refractivity contribution in [2.24, 2.45) is 0 Å². The van der Waals surface area contributed by atoms with Crippen LogP contribution < -0.4 is 0 Å². The van der Waals surface area contributed by atoms with E-state index in [1.54, 1.807) is 11.3 Å². The monoisotopic (exact) mass is 290 g/mol. The van der Waals surface area contributed by atoms with Gasteiger partial charge in [-0.1, -0.05) is 6.92 Å². The van der Waals surface area contributed by atoms with Gasteiger partial charge in [-0.3, -0.25) is 4.79 Å². The summed E-state index contributed by atoms with van der Waals surface area (Å²) in [6.45, 7) is 8.19. The maximum atomic E-state index is 12.6. The highest BCUT2D eigenvalue weighted by Gasteiger charge is 2.26. The molecule has 2 aromatic heterocycles. The molecule has 0 saturated carbocycles. The van der Waals surface area contributed by atoms with Crippen molar-refractivity contribution in [3.63, 3.8) is 0 Å². The molecule has 0 N–H and O–H groups in total. The predicted octanol–water partition coefficient (Wildman–Crippen LogP) is 2.17. The SMILES string of the molecule is CCc1nnc2n1CCN(C(=O)c1cc(C)sc1C)C2. The van der Waals surface area contributed by atoms with E-state index >= 15 is 0 Å². The summed E-state index contributed by atoms with van der Waals surface area (Å²) < 4.78 is 2.13. The summed E-state index contributed by atoms with van der Waals surface area (Å²) in [5, 5.41) is 8.38. The van der Waals surface area contributed by atoms with Crippen LogP contribution in [-0.4, -0.2) is 32.1 Å². The number of hydrogen-bond donors (Lipinski definition) is 0. The second-order valence-electron chi connectivity index (χ2n) is 5.09. The van der Waals surface area contributed by atoms with Crippen molar-refractivity contribution in [2.75, 3.05) is 6.54 Å². The Morgan fingerprint density at radius 2 is 2.15 bits per heavy atom. The number of rotatable bonds is 2. The molecular formula is C14H18N4OS. The Morgan fingerprint density at radius 1 is 1.35 bits per heavy atom. The van der Waals surface area contributed by atoms with Gasteiger partial charge in [0.2, 0.25) is 0 Å². The lowest BCUT2D eigenvalue weighted by Crippen LogP contribution is -2.38. The van der Waals surface area contributed by atoms with Crippen LogP contribution in [0.3, 0.4) is 0 Å². The predicted molar refractivity (Wildman–Crippen MR) is 77.9 cm³/mol. The quantitative estimate of drug-likeness (QED) is 0.852. The van der Waals surface area contributed by atoms with E-state index in [4.69, 9.17) is 0 Å². The van der Waals surface area contributed by atoms with Gasteiger partial charge in [0.15, 0.2) is 5.82 Å². The van der Waals surface area contributed by atoms with Gasteiger partial charge in [-0.15, -0.1) is 21.5 Å². The van der Waals surface area contributed by atoms with Gasteiger partial charge >= 0.3 is 0 Å². The Bertz CT molecular complexity index is 658. The Labute approximate surface area is 122 Å². The molecule has 3 heterocycles. The van der Waals surface area contributed by atoms with E-state index in [1.807, 2.05) is 24.8 Å². The van der Waals surface area contributed by atoms with Crippen molar-refractivity contribution in [1.29, 1.82) is 0 Å². The molecular weight excluding hydrogens is 272 g/mol. The van der Waals surface area contributed by atoms with Crippen molar-refractivity contribution < 1.29 is 4.79 Å². The van der Waals surface area contributed by atoms with E-state index in [2.05, 4.69) is 21.7 Å². The van der Waals surface area contributed by atoms with Gasteiger partial charge in [-0.05, 0) is 19.9 Å². The van der Waals surface area contributed by atoms with Gasteiger partial charge in [0, 0.05) is 29.3 Å². The molecule has 3 rings (SSSR count). The number of carbonyl (C=O) groups is 1. The highest BCUT2D eigenvalue weighted by molar-refractivity contribution is 7.12. The number of hydrogen-bond acceptors (Lipinski definition) is 4. The molecule has 0 aromatic carbocycles. The molecule has 20 heavy (non-hydrogen) atoms. The van der Waals surface area contributed by atoms with Gasteiger partial charge in [0.05, 0.1) is 12.1 Å². The topological polar surface area (TPSA) is 51.0 Å². The summed E-state index contributed by atoms with van der Waals surface area (Å²) in [4.78, 5) is 16.7. The van der Waals surface area contributed by atoms with E-state index in [0.717, 1.165) is 41.6 Å². The average Bonchev–Trinajstić information content (AvgIpc) is 3.00. The average molecular weight is 290 g/mol. The molecule has 1 aliphatic rings. The van der Waals surface area contributed by atoms with Crippen LogP contribution in [0.2, 0.25) is 0 Å². The lowest BCUT2D eigenvalue weighted by molar-refractivity contribution is 0.0706. The Kier molecular flexibility index (Phi) is 3.33. The van der Waals surface area contributed by atoms with Crippen LogP contribution in [-0.2, 0) is 19.5 Å². The molecule has 0 aliphatic carbocycles. The minimum absolute atomic E-state index is 0.110. The van der Waals surface area contributed by atoms with Crippen LogP contribution >= 0.6 is 11.3 Å². The normalized spacial score (nSPS) is 14.4. The number of fused-ring (bicyclic) bond motifs is 1. The fraction of sp³-hybridized carbons (Fsp3) is 0.500. The fourth-order valence-corrected chi connectivity index (χ4v) is 3.58. The lowest BCUT2D eigenvalue weighted by atomic mass is 10.2. The molecule has 2 aromatic rings. The zero-order chi connectivity index (χ0) is 14.3. The van der Waals surface area contributed by atoms with E-state index in [-0.39, 0.29) is 5.91 Å². The largest absolute Gasteiger partial charge is 0.329 e. The van der Waals surface area contributed by atoms with Gasteiger partial charge < -0.3 is 9.47 Å². The molecule has 0 radical (unpaired) electrons. The molecule has 6 heteroatoms. The Hall–Kier alpha value is -1.69. The molecule has 0 fully saturated rings. The minimum atomic E-state index is 0.110. The van der Waals surface area contributed by atoms with Gasteiger partial charge in [0.1, 0.15) is 5.82 Å². The van der Waals surface area contributed by atoms with Crippen LogP contribution in [0.4, 0.5) is 0 Å². The first-order valence-electron chi connectivity index (χ1n) is 6.87. The number of carbonyl (C=O) groups excluding carboxylic acids is 1. The third-order valence-corrected chi connectivity index (χ3v) is 4.67. The number of amides is 1. The van der Waals surface area contributed by atoms with Crippen LogP contribution in [0.5, 0.6) is 0 Å². The molecule has 1 aliphatic heterocycles. The van der Waals surface area contributed by atoms with Crippen molar-refractivity contribution >= 4 is 17.2 Å². The molecule has 106 valence electrons. The molecule has 5 nitrogen and oxygen atoms in total. The first-order valence-corrected chi connectivity index (χ1v) is 7.69. The van der Waals surface area contributed by atoms with E-state index in [9.17, 15) is 4.79 Å². The van der Waals surface area contributed by atoms with E-state index in [0.29, 0.717) is 6.54 Å².